The summed E-state index contributed by atoms with van der Waals surface area (Å²) < 4.78 is 5.35. The maximum Gasteiger partial charge on any atom is 0.312 e. The van der Waals surface area contributed by atoms with Gasteiger partial charge in [-0.15, -0.1) is 11.8 Å². The first kappa shape index (κ1) is 18.5. The first-order valence-corrected chi connectivity index (χ1v) is 8.33. The molecule has 0 amide bonds. The number of pyridine rings is 1. The van der Waals surface area contributed by atoms with E-state index in [-0.39, 0.29) is 12.4 Å². The van der Waals surface area contributed by atoms with Crippen molar-refractivity contribution in [2.24, 2.45) is 0 Å². The van der Waals surface area contributed by atoms with Crippen molar-refractivity contribution in [1.82, 2.24) is 4.98 Å². The molecule has 4 nitrogen and oxygen atoms in total. The van der Waals surface area contributed by atoms with E-state index in [1.54, 1.807) is 18.0 Å². The van der Waals surface area contributed by atoms with Crippen molar-refractivity contribution in [1.29, 1.82) is 5.26 Å². The monoisotopic (exact) mass is 320 g/mol. The molecular weight excluding hydrogens is 296 g/mol. The van der Waals surface area contributed by atoms with Crippen LogP contribution >= 0.6 is 11.8 Å². The van der Waals surface area contributed by atoms with Crippen molar-refractivity contribution in [3.05, 3.63) is 23.5 Å². The summed E-state index contributed by atoms with van der Waals surface area (Å²) in [6.07, 6.45) is 1.83. The Labute approximate surface area is 137 Å². The fraction of sp³-hybridized carbons (Fsp3) is 0.588. The zero-order chi connectivity index (χ0) is 17.0. The van der Waals surface area contributed by atoms with Gasteiger partial charge in [-0.25, -0.2) is 0 Å². The number of nitriles is 1. The molecule has 0 bridgehead atoms. The van der Waals surface area contributed by atoms with Crippen LogP contribution in [0.2, 0.25) is 0 Å². The van der Waals surface area contributed by atoms with Crippen LogP contribution in [-0.2, 0) is 21.4 Å². The summed E-state index contributed by atoms with van der Waals surface area (Å²) in [5.74, 6) is 0.588. The Balaban J connectivity index is 3.06. The average molecular weight is 320 g/mol. The predicted molar refractivity (Wildman–Crippen MR) is 88.8 cm³/mol. The van der Waals surface area contributed by atoms with Crippen molar-refractivity contribution >= 4 is 17.7 Å². The highest BCUT2D eigenvalue weighted by atomic mass is 32.2. The van der Waals surface area contributed by atoms with Gasteiger partial charge in [-0.1, -0.05) is 6.92 Å². The van der Waals surface area contributed by atoms with Gasteiger partial charge >= 0.3 is 5.97 Å². The third kappa shape index (κ3) is 5.34. The average Bonchev–Trinajstić information content (AvgIpc) is 2.38. The second kappa shape index (κ2) is 7.15. The van der Waals surface area contributed by atoms with Gasteiger partial charge < -0.3 is 4.74 Å². The molecule has 0 atom stereocenters. The number of rotatable bonds is 5. The molecule has 1 aromatic rings. The molecule has 0 fully saturated rings. The molecule has 0 radical (unpaired) electrons. The lowest BCUT2D eigenvalue weighted by molar-refractivity contribution is -0.154. The Morgan fingerprint density at radius 3 is 2.50 bits per heavy atom. The Kier molecular flexibility index (Phi) is 6.01. The number of esters is 1. The topological polar surface area (TPSA) is 63.0 Å². The minimum atomic E-state index is -0.597. The smallest absolute Gasteiger partial charge is 0.312 e. The van der Waals surface area contributed by atoms with E-state index < -0.39 is 11.0 Å². The van der Waals surface area contributed by atoms with Gasteiger partial charge in [-0.05, 0) is 52.0 Å². The molecule has 0 aromatic carbocycles. The first-order chi connectivity index (χ1) is 10.1. The van der Waals surface area contributed by atoms with E-state index in [4.69, 9.17) is 4.74 Å². The third-order valence-electron chi connectivity index (χ3n) is 2.96. The fourth-order valence-electron chi connectivity index (χ4n) is 1.81. The molecule has 0 aliphatic rings. The summed E-state index contributed by atoms with van der Waals surface area (Å²) in [4.78, 5) is 17.3. The van der Waals surface area contributed by atoms with Crippen LogP contribution in [0, 0.1) is 11.3 Å². The number of aromatic nitrogens is 1. The highest BCUT2D eigenvalue weighted by Gasteiger charge is 2.23. The quantitative estimate of drug-likeness (QED) is 0.608. The number of thioether (sulfide) groups is 1. The Morgan fingerprint density at radius 1 is 1.36 bits per heavy atom. The summed E-state index contributed by atoms with van der Waals surface area (Å²) in [6, 6.07) is 4.24. The van der Waals surface area contributed by atoms with E-state index in [1.165, 1.54) is 0 Å². The first-order valence-electron chi connectivity index (χ1n) is 7.34. The van der Waals surface area contributed by atoms with Crippen LogP contribution in [0.3, 0.4) is 0 Å². The van der Waals surface area contributed by atoms with E-state index in [0.29, 0.717) is 5.69 Å². The van der Waals surface area contributed by atoms with E-state index in [2.05, 4.69) is 11.1 Å². The highest BCUT2D eigenvalue weighted by Crippen LogP contribution is 2.29. The van der Waals surface area contributed by atoms with Crippen LogP contribution < -0.4 is 0 Å². The number of carbonyl (C=O) groups is 1. The molecule has 5 heteroatoms. The number of hydrogen-bond donors (Lipinski definition) is 0. The summed E-state index contributed by atoms with van der Waals surface area (Å²) in [7, 11) is 0. The number of carbonyl (C=O) groups excluding carboxylic acids is 1. The molecule has 0 spiro atoms. The van der Waals surface area contributed by atoms with Crippen molar-refractivity contribution < 1.29 is 9.53 Å². The molecule has 120 valence electrons. The highest BCUT2D eigenvalue weighted by molar-refractivity contribution is 7.99. The largest absolute Gasteiger partial charge is 0.460 e. The van der Waals surface area contributed by atoms with E-state index >= 15 is 0 Å². The van der Waals surface area contributed by atoms with Crippen molar-refractivity contribution in [2.45, 2.75) is 63.9 Å². The van der Waals surface area contributed by atoms with Crippen molar-refractivity contribution in [3.8, 4) is 6.07 Å². The maximum atomic E-state index is 12.0. The molecule has 0 saturated carbocycles. The Hall–Kier alpha value is -1.54. The van der Waals surface area contributed by atoms with E-state index in [1.807, 2.05) is 47.6 Å². The zero-order valence-electron chi connectivity index (χ0n) is 14.2. The van der Waals surface area contributed by atoms with E-state index in [9.17, 15) is 10.1 Å². The van der Waals surface area contributed by atoms with Crippen LogP contribution in [0.15, 0.2) is 17.2 Å². The molecule has 22 heavy (non-hydrogen) atoms. The predicted octanol–water partition coefficient (Wildman–Crippen LogP) is 3.88. The Bertz CT molecular complexity index is 583. The van der Waals surface area contributed by atoms with Crippen LogP contribution in [0.25, 0.3) is 0 Å². The third-order valence-corrected chi connectivity index (χ3v) is 3.92. The van der Waals surface area contributed by atoms with Crippen LogP contribution in [0.5, 0.6) is 0 Å². The molecule has 0 aliphatic heterocycles. The summed E-state index contributed by atoms with van der Waals surface area (Å²) in [5, 5.41) is 9.25. The molecule has 1 aromatic heterocycles. The molecule has 1 rings (SSSR count). The summed E-state index contributed by atoms with van der Waals surface area (Å²) in [5.41, 5.74) is 0.468. The minimum absolute atomic E-state index is 0.146. The molecule has 0 N–H and O–H groups in total. The van der Waals surface area contributed by atoms with Gasteiger partial charge in [-0.2, -0.15) is 5.26 Å². The lowest BCUT2D eigenvalue weighted by Gasteiger charge is -2.20. The normalized spacial score (nSPS) is 11.9. The standard InChI is InChI=1S/C17H24N2O2S/c1-7-22-14-8-12(17(5,6)11-18)10-19-13(14)9-15(20)21-16(2,3)4/h8,10H,7,9H2,1-6H3. The minimum Gasteiger partial charge on any atom is -0.460 e. The van der Waals surface area contributed by atoms with Gasteiger partial charge in [0.15, 0.2) is 0 Å². The summed E-state index contributed by atoms with van der Waals surface area (Å²) in [6.45, 7) is 11.3. The van der Waals surface area contributed by atoms with Gasteiger partial charge in [0, 0.05) is 11.1 Å². The van der Waals surface area contributed by atoms with Crippen LogP contribution in [0.1, 0.15) is 52.8 Å². The van der Waals surface area contributed by atoms with Crippen molar-refractivity contribution in [3.63, 3.8) is 0 Å². The van der Waals surface area contributed by atoms with Gasteiger partial charge in [0.25, 0.3) is 0 Å². The SMILES string of the molecule is CCSc1cc(C(C)(C)C#N)cnc1CC(=O)OC(C)(C)C. The maximum absolute atomic E-state index is 12.0. The summed E-state index contributed by atoms with van der Waals surface area (Å²) >= 11 is 1.62. The number of hydrogen-bond acceptors (Lipinski definition) is 5. The zero-order valence-corrected chi connectivity index (χ0v) is 15.0. The van der Waals surface area contributed by atoms with Crippen molar-refractivity contribution in [2.75, 3.05) is 5.75 Å². The molecular formula is C17H24N2O2S. The fourth-order valence-corrected chi connectivity index (χ4v) is 2.62. The number of ether oxygens (including phenoxy) is 1. The van der Waals surface area contributed by atoms with Gasteiger partial charge in [0.05, 0.1) is 23.6 Å². The lowest BCUT2D eigenvalue weighted by Crippen LogP contribution is -2.25. The molecule has 1 heterocycles. The molecule has 0 unspecified atom stereocenters. The second-order valence-corrected chi connectivity index (χ2v) is 7.91. The van der Waals surface area contributed by atoms with Crippen LogP contribution in [0.4, 0.5) is 0 Å². The van der Waals surface area contributed by atoms with E-state index in [0.717, 1.165) is 16.2 Å². The van der Waals surface area contributed by atoms with Gasteiger partial charge in [0.1, 0.15) is 5.60 Å². The lowest BCUT2D eigenvalue weighted by atomic mass is 9.87. The van der Waals surface area contributed by atoms with Gasteiger partial charge in [0.2, 0.25) is 0 Å². The van der Waals surface area contributed by atoms with Crippen LogP contribution in [-0.4, -0.2) is 22.3 Å². The Morgan fingerprint density at radius 2 is 2.00 bits per heavy atom. The second-order valence-electron chi connectivity index (χ2n) is 6.60. The van der Waals surface area contributed by atoms with Gasteiger partial charge in [-0.3, -0.25) is 9.78 Å². The number of nitrogens with zero attached hydrogens (tertiary/aromatic N) is 2. The molecule has 0 saturated heterocycles. The molecule has 0 aliphatic carbocycles.